The lowest BCUT2D eigenvalue weighted by atomic mass is 10.1. The van der Waals surface area contributed by atoms with Crippen LogP contribution in [0.4, 0.5) is 5.69 Å². The molecule has 2 aromatic rings. The Hall–Kier alpha value is -2.74. The normalized spacial score (nSPS) is 13.2. The molecule has 0 amide bonds. The van der Waals surface area contributed by atoms with Crippen molar-refractivity contribution in [3.05, 3.63) is 48.0 Å². The molecule has 0 aliphatic carbocycles. The predicted octanol–water partition coefficient (Wildman–Crippen LogP) is 3.15. The SMILES string of the molecule is CCCCN(c1ccccc1C(=O)O)S(=O)(=O)c1ccc2c(c1)OCCO2. The second-order valence-corrected chi connectivity index (χ2v) is 7.92. The van der Waals surface area contributed by atoms with E-state index in [2.05, 4.69) is 0 Å². The van der Waals surface area contributed by atoms with Crippen LogP contribution in [0.15, 0.2) is 47.4 Å². The van der Waals surface area contributed by atoms with Crippen LogP contribution in [-0.4, -0.2) is 39.3 Å². The van der Waals surface area contributed by atoms with Crippen LogP contribution in [0.2, 0.25) is 0 Å². The molecule has 1 aliphatic heterocycles. The van der Waals surface area contributed by atoms with Crippen LogP contribution in [0.1, 0.15) is 30.1 Å². The maximum absolute atomic E-state index is 13.3. The van der Waals surface area contributed by atoms with Crippen molar-refractivity contribution >= 4 is 21.7 Å². The zero-order valence-corrected chi connectivity index (χ0v) is 15.7. The molecule has 0 atom stereocenters. The van der Waals surface area contributed by atoms with Crippen LogP contribution < -0.4 is 13.8 Å². The maximum Gasteiger partial charge on any atom is 0.337 e. The average molecular weight is 391 g/mol. The fraction of sp³-hybridized carbons (Fsp3) is 0.316. The largest absolute Gasteiger partial charge is 0.486 e. The van der Waals surface area contributed by atoms with E-state index >= 15 is 0 Å². The van der Waals surface area contributed by atoms with Gasteiger partial charge in [0.2, 0.25) is 0 Å². The Balaban J connectivity index is 2.08. The topological polar surface area (TPSA) is 93.1 Å². The minimum atomic E-state index is -3.98. The summed E-state index contributed by atoms with van der Waals surface area (Å²) in [6.45, 7) is 2.88. The fourth-order valence-corrected chi connectivity index (χ4v) is 4.39. The van der Waals surface area contributed by atoms with Gasteiger partial charge in [0, 0.05) is 12.6 Å². The molecule has 3 rings (SSSR count). The van der Waals surface area contributed by atoms with Gasteiger partial charge in [-0.05, 0) is 30.7 Å². The number of anilines is 1. The van der Waals surface area contributed by atoms with Crippen LogP contribution in [-0.2, 0) is 10.0 Å². The van der Waals surface area contributed by atoms with E-state index in [1.165, 1.54) is 24.3 Å². The first-order valence-corrected chi connectivity index (χ1v) is 10.1. The number of carboxylic acid groups (broad SMARTS) is 1. The highest BCUT2D eigenvalue weighted by molar-refractivity contribution is 7.92. The second kappa shape index (κ2) is 7.87. The van der Waals surface area contributed by atoms with Gasteiger partial charge in [0.25, 0.3) is 10.0 Å². The van der Waals surface area contributed by atoms with Crippen molar-refractivity contribution in [3.8, 4) is 11.5 Å². The summed E-state index contributed by atoms with van der Waals surface area (Å²) in [7, 11) is -3.98. The van der Waals surface area contributed by atoms with Crippen LogP contribution >= 0.6 is 0 Å². The lowest BCUT2D eigenvalue weighted by Gasteiger charge is -2.26. The van der Waals surface area contributed by atoms with E-state index in [4.69, 9.17) is 9.47 Å². The molecular formula is C19H21NO6S. The van der Waals surface area contributed by atoms with E-state index in [9.17, 15) is 18.3 Å². The molecule has 27 heavy (non-hydrogen) atoms. The highest BCUT2D eigenvalue weighted by Gasteiger charge is 2.29. The van der Waals surface area contributed by atoms with Gasteiger partial charge < -0.3 is 14.6 Å². The first-order chi connectivity index (χ1) is 12.9. The number of nitrogens with zero attached hydrogens (tertiary/aromatic N) is 1. The summed E-state index contributed by atoms with van der Waals surface area (Å²) < 4.78 is 38.8. The molecule has 0 fully saturated rings. The van der Waals surface area contributed by atoms with Gasteiger partial charge in [0.15, 0.2) is 11.5 Å². The third-order valence-corrected chi connectivity index (χ3v) is 6.03. The zero-order valence-electron chi connectivity index (χ0n) is 14.9. The summed E-state index contributed by atoms with van der Waals surface area (Å²) in [6, 6.07) is 10.5. The van der Waals surface area contributed by atoms with E-state index in [1.54, 1.807) is 18.2 Å². The Kier molecular flexibility index (Phi) is 5.55. The molecule has 0 aromatic heterocycles. The van der Waals surface area contributed by atoms with Crippen molar-refractivity contribution in [3.63, 3.8) is 0 Å². The first kappa shape index (κ1) is 19.0. The molecule has 7 nitrogen and oxygen atoms in total. The van der Waals surface area contributed by atoms with Gasteiger partial charge in [-0.3, -0.25) is 4.31 Å². The summed E-state index contributed by atoms with van der Waals surface area (Å²) in [5.74, 6) is -0.319. The number of sulfonamides is 1. The molecule has 0 saturated carbocycles. The van der Waals surface area contributed by atoms with E-state index in [1.807, 2.05) is 6.92 Å². The molecule has 0 radical (unpaired) electrons. The molecular weight excluding hydrogens is 370 g/mol. The Morgan fingerprint density at radius 2 is 1.81 bits per heavy atom. The number of unbranched alkanes of at least 4 members (excludes halogenated alkanes) is 1. The van der Waals surface area contributed by atoms with Crippen molar-refractivity contribution < 1.29 is 27.8 Å². The number of carbonyl (C=O) groups is 1. The summed E-state index contributed by atoms with van der Waals surface area (Å²) in [5.41, 5.74) is 0.0862. The lowest BCUT2D eigenvalue weighted by molar-refractivity contribution is 0.0697. The van der Waals surface area contributed by atoms with Crippen molar-refractivity contribution in [2.24, 2.45) is 0 Å². The second-order valence-electron chi connectivity index (χ2n) is 6.06. The summed E-state index contributed by atoms with van der Waals surface area (Å²) in [6.07, 6.45) is 1.36. The Morgan fingerprint density at radius 3 is 2.52 bits per heavy atom. The fourth-order valence-electron chi connectivity index (χ4n) is 2.86. The van der Waals surface area contributed by atoms with Crippen molar-refractivity contribution in [2.75, 3.05) is 24.1 Å². The van der Waals surface area contributed by atoms with Crippen LogP contribution in [0.3, 0.4) is 0 Å². The van der Waals surface area contributed by atoms with Gasteiger partial charge in [0.1, 0.15) is 13.2 Å². The van der Waals surface area contributed by atoms with E-state index in [0.29, 0.717) is 31.1 Å². The quantitative estimate of drug-likeness (QED) is 0.779. The highest BCUT2D eigenvalue weighted by atomic mass is 32.2. The third-order valence-electron chi connectivity index (χ3n) is 4.22. The van der Waals surface area contributed by atoms with Crippen molar-refractivity contribution in [1.82, 2.24) is 0 Å². The number of rotatable bonds is 7. The van der Waals surface area contributed by atoms with Crippen LogP contribution in [0.25, 0.3) is 0 Å². The molecule has 0 saturated heterocycles. The third kappa shape index (κ3) is 3.85. The molecule has 0 bridgehead atoms. The highest BCUT2D eigenvalue weighted by Crippen LogP contribution is 2.35. The smallest absolute Gasteiger partial charge is 0.337 e. The molecule has 1 N–H and O–H groups in total. The van der Waals surface area contributed by atoms with E-state index in [0.717, 1.165) is 10.7 Å². The molecule has 1 aliphatic rings. The number of fused-ring (bicyclic) bond motifs is 1. The number of aromatic carboxylic acids is 1. The van der Waals surface area contributed by atoms with Gasteiger partial charge in [-0.2, -0.15) is 0 Å². The number of benzene rings is 2. The summed E-state index contributed by atoms with van der Waals surface area (Å²) >= 11 is 0. The number of ether oxygens (including phenoxy) is 2. The van der Waals surface area contributed by atoms with Crippen molar-refractivity contribution in [2.45, 2.75) is 24.7 Å². The predicted molar refractivity (Wildman–Crippen MR) is 100 cm³/mol. The average Bonchev–Trinajstić information content (AvgIpc) is 2.68. The molecule has 0 spiro atoms. The van der Waals surface area contributed by atoms with Gasteiger partial charge in [-0.25, -0.2) is 13.2 Å². The molecule has 144 valence electrons. The molecule has 1 heterocycles. The van der Waals surface area contributed by atoms with Gasteiger partial charge >= 0.3 is 5.97 Å². The van der Waals surface area contributed by atoms with Crippen LogP contribution in [0.5, 0.6) is 11.5 Å². The number of hydrogen-bond donors (Lipinski definition) is 1. The van der Waals surface area contributed by atoms with Gasteiger partial charge in [-0.15, -0.1) is 0 Å². The Labute approximate surface area is 158 Å². The summed E-state index contributed by atoms with van der Waals surface area (Å²) in [4.78, 5) is 11.6. The number of carboxylic acids is 1. The van der Waals surface area contributed by atoms with Crippen molar-refractivity contribution in [1.29, 1.82) is 0 Å². The monoisotopic (exact) mass is 391 g/mol. The molecule has 0 unspecified atom stereocenters. The first-order valence-electron chi connectivity index (χ1n) is 8.70. The number of para-hydroxylation sites is 1. The van der Waals surface area contributed by atoms with Crippen LogP contribution in [0, 0.1) is 0 Å². The maximum atomic E-state index is 13.3. The molecule has 8 heteroatoms. The zero-order chi connectivity index (χ0) is 19.4. The summed E-state index contributed by atoms with van der Waals surface area (Å²) in [5, 5.41) is 9.48. The van der Waals surface area contributed by atoms with E-state index < -0.39 is 16.0 Å². The number of hydrogen-bond acceptors (Lipinski definition) is 5. The Morgan fingerprint density at radius 1 is 1.11 bits per heavy atom. The van der Waals surface area contributed by atoms with E-state index in [-0.39, 0.29) is 22.7 Å². The molecule has 2 aromatic carbocycles. The minimum absolute atomic E-state index is 0.0306. The van der Waals surface area contributed by atoms with Gasteiger partial charge in [0.05, 0.1) is 16.1 Å². The van der Waals surface area contributed by atoms with Gasteiger partial charge in [-0.1, -0.05) is 25.5 Å². The standard InChI is InChI=1S/C19H21NO6S/c1-2-3-10-20(16-7-5-4-6-15(16)19(21)22)27(23,24)14-8-9-17-18(13-14)26-12-11-25-17/h4-9,13H,2-3,10-12H2,1H3,(H,21,22). The minimum Gasteiger partial charge on any atom is -0.486 e. The lowest BCUT2D eigenvalue weighted by Crippen LogP contribution is -2.33. The Bertz CT molecular complexity index is 941.